The van der Waals surface area contributed by atoms with Crippen molar-refractivity contribution in [1.29, 1.82) is 0 Å². The van der Waals surface area contributed by atoms with E-state index in [-0.39, 0.29) is 83.8 Å². The Labute approximate surface area is 336 Å². The highest BCUT2D eigenvalue weighted by Gasteiger charge is 2.43. The maximum absolute atomic E-state index is 14.4. The molecule has 308 valence electrons. The Kier molecular flexibility index (Phi) is 18.7. The van der Waals surface area contributed by atoms with Crippen molar-refractivity contribution in [3.8, 4) is 0 Å². The molecular weight excluding hydrogens is 711 g/mol. The number of ketones is 2. The van der Waals surface area contributed by atoms with Crippen LogP contribution >= 0.6 is 11.3 Å². The van der Waals surface area contributed by atoms with Gasteiger partial charge in [0.05, 0.1) is 35.7 Å². The number of amides is 2. The second-order valence-corrected chi connectivity index (χ2v) is 18.0. The van der Waals surface area contributed by atoms with Crippen molar-refractivity contribution in [2.75, 3.05) is 27.8 Å². The van der Waals surface area contributed by atoms with Crippen molar-refractivity contribution in [2.24, 2.45) is 41.4 Å². The van der Waals surface area contributed by atoms with E-state index in [2.05, 4.69) is 58.7 Å². The van der Waals surface area contributed by atoms with Crippen LogP contribution in [0.3, 0.4) is 0 Å². The normalized spacial score (nSPS) is 18.7. The molecule has 0 spiro atoms. The zero-order chi connectivity index (χ0) is 41.0. The van der Waals surface area contributed by atoms with Gasteiger partial charge in [0, 0.05) is 75.9 Å². The molecule has 1 aliphatic heterocycles. The lowest BCUT2D eigenvalue weighted by Crippen LogP contribution is -2.54. The minimum atomic E-state index is -0.558. The van der Waals surface area contributed by atoms with Gasteiger partial charge in [0.2, 0.25) is 11.8 Å². The van der Waals surface area contributed by atoms with Gasteiger partial charge >= 0.3 is 0 Å². The van der Waals surface area contributed by atoms with Crippen molar-refractivity contribution in [2.45, 2.75) is 137 Å². The quantitative estimate of drug-likeness (QED) is 0.111. The lowest BCUT2D eigenvalue weighted by Gasteiger charge is -2.41. The summed E-state index contributed by atoms with van der Waals surface area (Å²) in [6.07, 6.45) is 4.46. The highest BCUT2D eigenvalue weighted by atomic mass is 32.1. The number of likely N-dealkylation sites (tertiary alicyclic amines) is 1. The van der Waals surface area contributed by atoms with Gasteiger partial charge in [0.15, 0.2) is 0 Å². The minimum Gasteiger partial charge on any atom is -0.379 e. The highest BCUT2D eigenvalue weighted by molar-refractivity contribution is 7.09. The molecule has 0 saturated carbocycles. The number of likely N-dealkylation sites (N-methyl/N-ethyl adjacent to an activating group) is 1. The molecule has 8 atom stereocenters. The van der Waals surface area contributed by atoms with E-state index in [4.69, 9.17) is 9.47 Å². The van der Waals surface area contributed by atoms with Gasteiger partial charge in [-0.2, -0.15) is 0 Å². The predicted octanol–water partition coefficient (Wildman–Crippen LogP) is 8.51. The molecule has 0 radical (unpaired) electrons. The number of aromatic nitrogens is 1. The fourth-order valence-corrected chi connectivity index (χ4v) is 9.83. The summed E-state index contributed by atoms with van der Waals surface area (Å²) >= 11 is 1.57. The number of methoxy groups -OCH3 is 2. The van der Waals surface area contributed by atoms with E-state index in [0.29, 0.717) is 13.0 Å². The molecule has 1 fully saturated rings. The first-order valence-corrected chi connectivity index (χ1v) is 21.6. The number of Topliss-reactive ketones (excluding diaryl/α,β-unsaturated/α-hetero) is 2. The zero-order valence-electron chi connectivity index (χ0n) is 35.8. The molecule has 1 aromatic heterocycles. The summed E-state index contributed by atoms with van der Waals surface area (Å²) in [5, 5.41) is 2.90. The standard InChI is InChI=1S/C45H71N3O6S/c1-13-31(8)42(47(10)45(52)35(28(2)3)26-38(50)41(29(4)5)30(6)7)39(53-11)27-40(51)48-22-17-20-36(48)43(54-12)32(9)37(49)25-34(44-46-21-23-55-44)24-33-18-15-14-16-19-33/h14-16,18-19,21,23,28-32,34-36,39,41-43H,13,17,20,22,24-27H2,1-12H3/t31-,32-,34+,35-,36-,39+,42-,43+/m0/s1. The van der Waals surface area contributed by atoms with Crippen LogP contribution in [0, 0.1) is 41.4 Å². The molecule has 0 unspecified atom stereocenters. The summed E-state index contributed by atoms with van der Waals surface area (Å²) in [6, 6.07) is 9.56. The number of carbonyl (C=O) groups excluding carboxylic acids is 4. The van der Waals surface area contributed by atoms with Gasteiger partial charge in [-0.05, 0) is 48.5 Å². The third-order valence-electron chi connectivity index (χ3n) is 12.3. The summed E-state index contributed by atoms with van der Waals surface area (Å²) in [4.78, 5) is 64.5. The van der Waals surface area contributed by atoms with E-state index >= 15 is 0 Å². The molecule has 2 heterocycles. The molecule has 2 aromatic rings. The van der Waals surface area contributed by atoms with Crippen LogP contribution in [0.15, 0.2) is 41.9 Å². The van der Waals surface area contributed by atoms with E-state index < -0.39 is 24.0 Å². The Hall–Kier alpha value is -2.95. The van der Waals surface area contributed by atoms with Crippen molar-refractivity contribution in [3.05, 3.63) is 52.5 Å². The van der Waals surface area contributed by atoms with E-state index in [1.807, 2.05) is 56.3 Å². The minimum absolute atomic E-state index is 0.0321. The summed E-state index contributed by atoms with van der Waals surface area (Å²) < 4.78 is 12.2. The second kappa shape index (κ2) is 22.1. The maximum Gasteiger partial charge on any atom is 0.226 e. The third-order valence-corrected chi connectivity index (χ3v) is 13.2. The largest absolute Gasteiger partial charge is 0.379 e. The number of hydrogen-bond donors (Lipinski definition) is 0. The molecule has 1 saturated heterocycles. The van der Waals surface area contributed by atoms with E-state index in [9.17, 15) is 19.2 Å². The van der Waals surface area contributed by atoms with Crippen LogP contribution in [0.25, 0.3) is 0 Å². The zero-order valence-corrected chi connectivity index (χ0v) is 36.6. The predicted molar refractivity (Wildman–Crippen MR) is 222 cm³/mol. The molecule has 9 nitrogen and oxygen atoms in total. The van der Waals surface area contributed by atoms with Crippen molar-refractivity contribution in [3.63, 3.8) is 0 Å². The van der Waals surface area contributed by atoms with Crippen molar-refractivity contribution < 1.29 is 28.7 Å². The smallest absolute Gasteiger partial charge is 0.226 e. The van der Waals surface area contributed by atoms with Crippen LogP contribution in [0.1, 0.15) is 117 Å². The number of rotatable bonds is 23. The van der Waals surface area contributed by atoms with Gasteiger partial charge in [-0.1, -0.05) is 99.1 Å². The van der Waals surface area contributed by atoms with E-state index in [1.54, 1.807) is 36.7 Å². The maximum atomic E-state index is 14.4. The van der Waals surface area contributed by atoms with Gasteiger partial charge in [-0.15, -0.1) is 11.3 Å². The Morgan fingerprint density at radius 2 is 1.55 bits per heavy atom. The van der Waals surface area contributed by atoms with Gasteiger partial charge in [-0.3, -0.25) is 19.2 Å². The van der Waals surface area contributed by atoms with Crippen LogP contribution in [0.5, 0.6) is 0 Å². The molecule has 2 amide bonds. The molecule has 55 heavy (non-hydrogen) atoms. The Morgan fingerprint density at radius 3 is 2.07 bits per heavy atom. The number of nitrogens with zero attached hydrogens (tertiary/aromatic N) is 3. The summed E-state index contributed by atoms with van der Waals surface area (Å²) in [6.45, 7) is 19.0. The fourth-order valence-electron chi connectivity index (χ4n) is 9.09. The first-order chi connectivity index (χ1) is 26.1. The lowest BCUT2D eigenvalue weighted by atomic mass is 9.77. The molecular formula is C45H71N3O6S. The second-order valence-electron chi connectivity index (χ2n) is 17.1. The molecule has 1 aliphatic rings. The van der Waals surface area contributed by atoms with E-state index in [1.165, 1.54) is 0 Å². The molecule has 0 aliphatic carbocycles. The first kappa shape index (κ1) is 46.4. The molecule has 0 N–H and O–H groups in total. The fraction of sp³-hybridized carbons (Fsp3) is 0.711. The van der Waals surface area contributed by atoms with Gasteiger partial charge < -0.3 is 19.3 Å². The van der Waals surface area contributed by atoms with Gasteiger partial charge in [0.1, 0.15) is 11.6 Å². The van der Waals surface area contributed by atoms with Crippen LogP contribution in [-0.2, 0) is 35.1 Å². The summed E-state index contributed by atoms with van der Waals surface area (Å²) in [5.74, 6) is -0.573. The number of ether oxygens (including phenoxy) is 2. The molecule has 10 heteroatoms. The average Bonchev–Trinajstić information content (AvgIpc) is 3.87. The molecule has 1 aromatic carbocycles. The Bertz CT molecular complexity index is 1470. The molecule has 0 bridgehead atoms. The Balaban J connectivity index is 1.79. The average molecular weight is 782 g/mol. The summed E-state index contributed by atoms with van der Waals surface area (Å²) in [5.41, 5.74) is 1.16. The lowest BCUT2D eigenvalue weighted by molar-refractivity contribution is -0.149. The topological polar surface area (TPSA) is 106 Å². The number of hydrogen-bond acceptors (Lipinski definition) is 8. The van der Waals surface area contributed by atoms with Crippen LogP contribution in [-0.4, -0.2) is 90.3 Å². The first-order valence-electron chi connectivity index (χ1n) is 20.7. The van der Waals surface area contributed by atoms with Crippen molar-refractivity contribution in [1.82, 2.24) is 14.8 Å². The third kappa shape index (κ3) is 12.3. The monoisotopic (exact) mass is 782 g/mol. The summed E-state index contributed by atoms with van der Waals surface area (Å²) in [7, 11) is 5.05. The Morgan fingerprint density at radius 1 is 0.891 bits per heavy atom. The number of benzene rings is 1. The highest BCUT2D eigenvalue weighted by Crippen LogP contribution is 2.34. The molecule has 3 rings (SSSR count). The van der Waals surface area contributed by atoms with Crippen LogP contribution in [0.2, 0.25) is 0 Å². The van der Waals surface area contributed by atoms with Crippen LogP contribution in [0.4, 0.5) is 0 Å². The van der Waals surface area contributed by atoms with Gasteiger partial charge in [-0.25, -0.2) is 4.98 Å². The van der Waals surface area contributed by atoms with E-state index in [0.717, 1.165) is 36.3 Å². The number of thiazole rings is 1. The SMILES string of the molecule is CC[C@H](C)[C@@H]([C@@H](CC(=O)N1CCC[C@H]1[C@H](OC)[C@@H](C)C(=O)C[C@@H](Cc1ccccc1)c1nccs1)OC)N(C)C(=O)[C@@H](CC(=O)C(C(C)C)C(C)C)C(C)C. The van der Waals surface area contributed by atoms with Gasteiger partial charge in [0.25, 0.3) is 0 Å². The van der Waals surface area contributed by atoms with Crippen LogP contribution < -0.4 is 0 Å². The number of carbonyl (C=O) groups is 4. The van der Waals surface area contributed by atoms with Crippen molar-refractivity contribution >= 4 is 34.7 Å².